The van der Waals surface area contributed by atoms with E-state index in [0.717, 1.165) is 12.1 Å². The van der Waals surface area contributed by atoms with E-state index in [9.17, 15) is 18.0 Å². The molecule has 0 spiro atoms. The fraction of sp³-hybridized carbons (Fsp3) is 0.333. The molecule has 0 unspecified atom stereocenters. The first-order valence-electron chi connectivity index (χ1n) is 6.53. The zero-order valence-corrected chi connectivity index (χ0v) is 11.7. The summed E-state index contributed by atoms with van der Waals surface area (Å²) in [4.78, 5) is 18.4. The lowest BCUT2D eigenvalue weighted by Gasteiger charge is -2.09. The average Bonchev–Trinajstić information content (AvgIpc) is 2.36. The molecule has 1 heterocycles. The van der Waals surface area contributed by atoms with E-state index in [1.807, 2.05) is 13.8 Å². The Morgan fingerprint density at radius 3 is 2.57 bits per heavy atom. The van der Waals surface area contributed by atoms with Gasteiger partial charge in [-0.1, -0.05) is 26.0 Å². The Balaban J connectivity index is 2.47. The van der Waals surface area contributed by atoms with Gasteiger partial charge in [0, 0.05) is 17.3 Å². The van der Waals surface area contributed by atoms with Crippen molar-refractivity contribution in [2.24, 2.45) is 5.92 Å². The van der Waals surface area contributed by atoms with E-state index >= 15 is 0 Å². The van der Waals surface area contributed by atoms with Crippen LogP contribution in [0.3, 0.4) is 0 Å². The van der Waals surface area contributed by atoms with Crippen LogP contribution in [0.1, 0.15) is 25.1 Å². The highest BCUT2D eigenvalue weighted by atomic mass is 19.4. The van der Waals surface area contributed by atoms with Crippen LogP contribution < -0.4 is 5.56 Å². The molecule has 0 fully saturated rings. The molecule has 0 aliphatic carbocycles. The van der Waals surface area contributed by atoms with Gasteiger partial charge in [-0.3, -0.25) is 4.79 Å². The van der Waals surface area contributed by atoms with Crippen molar-refractivity contribution in [2.45, 2.75) is 26.4 Å². The Hall–Kier alpha value is -2.11. The van der Waals surface area contributed by atoms with E-state index in [2.05, 4.69) is 9.97 Å². The Morgan fingerprint density at radius 2 is 1.95 bits per heavy atom. The Labute approximate surface area is 119 Å². The molecule has 1 N–H and O–H groups in total. The zero-order chi connectivity index (χ0) is 15.6. The van der Waals surface area contributed by atoms with Crippen molar-refractivity contribution in [2.75, 3.05) is 0 Å². The molecule has 0 bridgehead atoms. The molecule has 21 heavy (non-hydrogen) atoms. The lowest BCUT2D eigenvalue weighted by atomic mass is 10.1. The van der Waals surface area contributed by atoms with Crippen LogP contribution in [0.2, 0.25) is 0 Å². The molecule has 0 aliphatic rings. The molecule has 0 saturated carbocycles. The lowest BCUT2D eigenvalue weighted by molar-refractivity contribution is -0.137. The number of nitrogens with zero attached hydrogens (tertiary/aromatic N) is 1. The summed E-state index contributed by atoms with van der Waals surface area (Å²) in [6, 6.07) is 6.13. The normalized spacial score (nSPS) is 11.9. The Morgan fingerprint density at radius 1 is 1.24 bits per heavy atom. The number of hydrogen-bond acceptors (Lipinski definition) is 2. The minimum Gasteiger partial charge on any atom is -0.307 e. The number of hydrogen-bond donors (Lipinski definition) is 1. The van der Waals surface area contributed by atoms with Gasteiger partial charge < -0.3 is 4.98 Å². The highest BCUT2D eigenvalue weighted by Gasteiger charge is 2.30. The van der Waals surface area contributed by atoms with Crippen molar-refractivity contribution in [3.8, 4) is 11.4 Å². The molecule has 112 valence electrons. The van der Waals surface area contributed by atoms with Crippen molar-refractivity contribution >= 4 is 0 Å². The molecule has 3 nitrogen and oxygen atoms in total. The largest absolute Gasteiger partial charge is 0.416 e. The summed E-state index contributed by atoms with van der Waals surface area (Å²) >= 11 is 0. The lowest BCUT2D eigenvalue weighted by Crippen LogP contribution is -2.12. The fourth-order valence-electron chi connectivity index (χ4n) is 2.01. The summed E-state index contributed by atoms with van der Waals surface area (Å²) in [6.07, 6.45) is -3.83. The van der Waals surface area contributed by atoms with E-state index in [1.54, 1.807) is 0 Å². The molecule has 0 radical (unpaired) electrons. The molecule has 0 aliphatic heterocycles. The van der Waals surface area contributed by atoms with E-state index in [0.29, 0.717) is 18.0 Å². The quantitative estimate of drug-likeness (QED) is 0.939. The number of alkyl halides is 3. The molecule has 1 aromatic heterocycles. The van der Waals surface area contributed by atoms with Crippen LogP contribution in [0.4, 0.5) is 13.2 Å². The number of aromatic nitrogens is 2. The van der Waals surface area contributed by atoms with Crippen molar-refractivity contribution < 1.29 is 13.2 Å². The van der Waals surface area contributed by atoms with Crippen molar-refractivity contribution in [3.63, 3.8) is 0 Å². The molecule has 2 rings (SSSR count). The van der Waals surface area contributed by atoms with Crippen LogP contribution in [0.5, 0.6) is 0 Å². The summed E-state index contributed by atoms with van der Waals surface area (Å²) in [5.41, 5.74) is -0.321. The number of nitrogens with one attached hydrogen (secondary N) is 1. The van der Waals surface area contributed by atoms with Gasteiger partial charge >= 0.3 is 6.18 Å². The van der Waals surface area contributed by atoms with Gasteiger partial charge in [-0.25, -0.2) is 4.98 Å². The van der Waals surface area contributed by atoms with Crippen molar-refractivity contribution in [1.82, 2.24) is 9.97 Å². The minimum absolute atomic E-state index is 0.157. The third-order valence-electron chi connectivity index (χ3n) is 2.88. The van der Waals surface area contributed by atoms with Gasteiger partial charge in [0.25, 0.3) is 5.56 Å². The topological polar surface area (TPSA) is 45.8 Å². The second-order valence-electron chi connectivity index (χ2n) is 5.26. The maximum Gasteiger partial charge on any atom is 0.416 e. The van der Waals surface area contributed by atoms with Crippen LogP contribution in [-0.4, -0.2) is 9.97 Å². The summed E-state index contributed by atoms with van der Waals surface area (Å²) in [7, 11) is 0. The van der Waals surface area contributed by atoms with Crippen molar-refractivity contribution in [3.05, 3.63) is 51.9 Å². The van der Waals surface area contributed by atoms with Crippen LogP contribution >= 0.6 is 0 Å². The summed E-state index contributed by atoms with van der Waals surface area (Å²) in [5, 5.41) is 0. The van der Waals surface area contributed by atoms with Crippen LogP contribution in [0.25, 0.3) is 11.4 Å². The fourth-order valence-corrected chi connectivity index (χ4v) is 2.01. The molecule has 0 atom stereocenters. The molecule has 6 heteroatoms. The second kappa shape index (κ2) is 5.71. The highest BCUT2D eigenvalue weighted by Crippen LogP contribution is 2.31. The second-order valence-corrected chi connectivity index (χ2v) is 5.26. The Bertz CT molecular complexity index is 690. The number of aromatic amines is 1. The first-order chi connectivity index (χ1) is 9.75. The van der Waals surface area contributed by atoms with Gasteiger partial charge in [0.15, 0.2) is 0 Å². The van der Waals surface area contributed by atoms with Gasteiger partial charge in [0.2, 0.25) is 0 Å². The van der Waals surface area contributed by atoms with Crippen LogP contribution in [-0.2, 0) is 12.6 Å². The molecular weight excluding hydrogens is 281 g/mol. The Kier molecular flexibility index (Phi) is 4.16. The standard InChI is InChI=1S/C15H15F3N2O/c1-9(2)6-12-8-13(21)20-14(19-12)10-4-3-5-11(7-10)15(16,17)18/h3-5,7-9H,6H2,1-2H3,(H,19,20,21). The third kappa shape index (κ3) is 3.93. The molecule has 2 aromatic rings. The SMILES string of the molecule is CC(C)Cc1cc(=O)[nH]c(-c2cccc(C(F)(F)F)c2)n1. The maximum absolute atomic E-state index is 12.7. The van der Waals surface area contributed by atoms with Crippen LogP contribution in [0.15, 0.2) is 35.1 Å². The van der Waals surface area contributed by atoms with Gasteiger partial charge in [-0.15, -0.1) is 0 Å². The van der Waals surface area contributed by atoms with Crippen LogP contribution in [0, 0.1) is 5.92 Å². The highest BCUT2D eigenvalue weighted by molar-refractivity contribution is 5.56. The van der Waals surface area contributed by atoms with Gasteiger partial charge in [0.05, 0.1) is 5.56 Å². The predicted molar refractivity (Wildman–Crippen MR) is 73.8 cm³/mol. The average molecular weight is 296 g/mol. The first-order valence-corrected chi connectivity index (χ1v) is 6.53. The summed E-state index contributed by atoms with van der Waals surface area (Å²) in [5.74, 6) is 0.456. The molecule has 1 aromatic carbocycles. The predicted octanol–water partition coefficient (Wildman–Crippen LogP) is 3.65. The third-order valence-corrected chi connectivity index (χ3v) is 2.88. The van der Waals surface area contributed by atoms with Gasteiger partial charge in [0.1, 0.15) is 5.82 Å². The molecular formula is C15H15F3N2O. The molecule has 0 amide bonds. The smallest absolute Gasteiger partial charge is 0.307 e. The molecule has 0 saturated heterocycles. The minimum atomic E-state index is -4.42. The van der Waals surface area contributed by atoms with E-state index < -0.39 is 11.7 Å². The van der Waals surface area contributed by atoms with E-state index in [1.165, 1.54) is 18.2 Å². The summed E-state index contributed by atoms with van der Waals surface area (Å²) < 4.78 is 38.2. The van der Waals surface area contributed by atoms with Gasteiger partial charge in [-0.2, -0.15) is 13.2 Å². The van der Waals surface area contributed by atoms with E-state index in [4.69, 9.17) is 0 Å². The number of halogens is 3. The van der Waals surface area contributed by atoms with Crippen molar-refractivity contribution in [1.29, 1.82) is 0 Å². The monoisotopic (exact) mass is 296 g/mol. The number of benzene rings is 1. The van der Waals surface area contributed by atoms with E-state index in [-0.39, 0.29) is 16.9 Å². The maximum atomic E-state index is 12.7. The zero-order valence-electron chi connectivity index (χ0n) is 11.7. The van der Waals surface area contributed by atoms with Gasteiger partial charge in [-0.05, 0) is 24.5 Å². The first kappa shape index (κ1) is 15.3. The number of rotatable bonds is 3. The summed E-state index contributed by atoms with van der Waals surface area (Å²) in [6.45, 7) is 3.96. The number of H-pyrrole nitrogens is 1.